The Morgan fingerprint density at radius 3 is 2.14 bits per heavy atom. The van der Waals surface area contributed by atoms with Crippen LogP contribution in [-0.2, 0) is 6.42 Å². The fourth-order valence-corrected chi connectivity index (χ4v) is 7.66. The first-order valence-electron chi connectivity index (χ1n) is 15.6. The van der Waals surface area contributed by atoms with Gasteiger partial charge in [-0.2, -0.15) is 0 Å². The Balaban J connectivity index is 1.40. The summed E-state index contributed by atoms with van der Waals surface area (Å²) in [6, 6.07) is 49.1. The lowest BCUT2D eigenvalue weighted by atomic mass is 9.80. The van der Waals surface area contributed by atoms with Crippen molar-refractivity contribution in [2.45, 2.75) is 32.6 Å². The second kappa shape index (κ2) is 10.8. The number of benzene rings is 7. The molecule has 44 heavy (non-hydrogen) atoms. The van der Waals surface area contributed by atoms with Crippen molar-refractivity contribution in [1.29, 1.82) is 0 Å². The van der Waals surface area contributed by atoms with E-state index in [2.05, 4.69) is 147 Å². The molecule has 212 valence electrons. The van der Waals surface area contributed by atoms with Gasteiger partial charge in [0.15, 0.2) is 0 Å². The molecule has 0 heterocycles. The van der Waals surface area contributed by atoms with E-state index in [0.717, 1.165) is 23.4 Å². The average molecular weight is 585 g/mol. The number of hydrogen-bond donors (Lipinski definition) is 0. The molecular weight excluding hydrogens is 552 g/mol. The predicted octanol–water partition coefficient (Wildman–Crippen LogP) is 12.7. The second-order valence-corrected chi connectivity index (χ2v) is 12.5. The molecule has 1 aliphatic carbocycles. The van der Waals surface area contributed by atoms with Crippen LogP contribution < -0.4 is 0 Å². The molecule has 1 heteroatoms. The molecule has 8 rings (SSSR count). The fraction of sp³-hybridized carbons (Fsp3) is 0.116. The molecule has 1 atom stereocenters. The van der Waals surface area contributed by atoms with Gasteiger partial charge in [-0.1, -0.05) is 146 Å². The molecule has 0 fully saturated rings. The van der Waals surface area contributed by atoms with Crippen molar-refractivity contribution in [1.82, 2.24) is 0 Å². The fourth-order valence-electron chi connectivity index (χ4n) is 7.50. The third-order valence-corrected chi connectivity index (χ3v) is 10.1. The summed E-state index contributed by atoms with van der Waals surface area (Å²) < 4.78 is 0. The minimum absolute atomic E-state index is 0.345. The van der Waals surface area contributed by atoms with Gasteiger partial charge in [0.25, 0.3) is 0 Å². The molecular formula is C43H33Cl. The molecule has 0 radical (unpaired) electrons. The predicted molar refractivity (Wildman–Crippen MR) is 190 cm³/mol. The Hall–Kier alpha value is -4.65. The molecule has 7 aromatic rings. The van der Waals surface area contributed by atoms with Gasteiger partial charge in [0.05, 0.1) is 0 Å². The summed E-state index contributed by atoms with van der Waals surface area (Å²) in [6.45, 7) is 4.53. The lowest BCUT2D eigenvalue weighted by Crippen LogP contribution is -2.06. The van der Waals surface area contributed by atoms with E-state index >= 15 is 0 Å². The molecule has 0 nitrogen and oxygen atoms in total. The van der Waals surface area contributed by atoms with Gasteiger partial charge in [0.1, 0.15) is 0 Å². The van der Waals surface area contributed by atoms with Gasteiger partial charge in [-0.15, -0.1) is 0 Å². The topological polar surface area (TPSA) is 0 Å². The normalized spacial score (nSPS) is 12.5. The van der Waals surface area contributed by atoms with Gasteiger partial charge in [0, 0.05) is 5.02 Å². The first-order valence-corrected chi connectivity index (χ1v) is 16.0. The van der Waals surface area contributed by atoms with E-state index in [9.17, 15) is 0 Å². The van der Waals surface area contributed by atoms with E-state index in [1.807, 2.05) is 0 Å². The summed E-state index contributed by atoms with van der Waals surface area (Å²) in [5, 5.41) is 5.98. The van der Waals surface area contributed by atoms with Gasteiger partial charge in [-0.3, -0.25) is 0 Å². The van der Waals surface area contributed by atoms with Crippen molar-refractivity contribution in [3.63, 3.8) is 0 Å². The van der Waals surface area contributed by atoms with Crippen molar-refractivity contribution in [3.05, 3.63) is 155 Å². The van der Waals surface area contributed by atoms with Crippen LogP contribution in [0.25, 0.3) is 66.1 Å². The molecule has 0 saturated carbocycles. The summed E-state index contributed by atoms with van der Waals surface area (Å²) in [4.78, 5) is 0. The molecule has 1 aliphatic rings. The third kappa shape index (κ3) is 4.28. The summed E-state index contributed by atoms with van der Waals surface area (Å²) in [7, 11) is 0. The Kier molecular flexibility index (Phi) is 6.62. The average Bonchev–Trinajstić information content (AvgIpc) is 3.20. The lowest BCUT2D eigenvalue weighted by molar-refractivity contribution is 0.662. The van der Waals surface area contributed by atoms with Crippen molar-refractivity contribution >= 4 is 33.1 Å². The molecule has 0 aliphatic heterocycles. The van der Waals surface area contributed by atoms with E-state index < -0.39 is 0 Å². The molecule has 1 unspecified atom stereocenters. The van der Waals surface area contributed by atoms with Crippen LogP contribution in [0, 0.1) is 6.92 Å². The summed E-state index contributed by atoms with van der Waals surface area (Å²) in [5.74, 6) is 0.345. The minimum atomic E-state index is 0.345. The summed E-state index contributed by atoms with van der Waals surface area (Å²) >= 11 is 6.95. The number of fused-ring (bicyclic) bond motifs is 7. The van der Waals surface area contributed by atoms with Crippen LogP contribution in [0.15, 0.2) is 133 Å². The zero-order chi connectivity index (χ0) is 29.8. The monoisotopic (exact) mass is 584 g/mol. The quantitative estimate of drug-likeness (QED) is 0.189. The summed E-state index contributed by atoms with van der Waals surface area (Å²) in [6.07, 6.45) is 2.02. The van der Waals surface area contributed by atoms with Crippen LogP contribution in [0.3, 0.4) is 0 Å². The SMILES string of the molecule is CCC(Cc1cccc(-c2ccccc2)c1)c1ccc2cccc3c2c1-c1c(ccc(Cl)c1C)-c1ccc2ccccc2c1-3. The second-order valence-electron chi connectivity index (χ2n) is 12.1. The standard InChI is InChI=1S/C43H33Cl/c1-3-29(25-28-11-9-16-33(26-28)30-12-5-4-6-13-30)35-21-20-32-15-10-18-38-41(32)43(35)40-27(2)39(44)24-23-36(40)37-22-19-31-14-7-8-17-34(31)42(37)38/h4-24,26,29H,3,25H2,1-2H3. The van der Waals surface area contributed by atoms with Crippen molar-refractivity contribution < 1.29 is 0 Å². The van der Waals surface area contributed by atoms with Crippen LogP contribution in [0.4, 0.5) is 0 Å². The van der Waals surface area contributed by atoms with Crippen molar-refractivity contribution in [2.75, 3.05) is 0 Å². The maximum Gasteiger partial charge on any atom is 0.0441 e. The highest BCUT2D eigenvalue weighted by Crippen LogP contribution is 2.53. The molecule has 0 N–H and O–H groups in total. The Bertz CT molecular complexity index is 2210. The highest BCUT2D eigenvalue weighted by molar-refractivity contribution is 6.32. The zero-order valence-electron chi connectivity index (χ0n) is 25.1. The zero-order valence-corrected chi connectivity index (χ0v) is 25.8. The lowest BCUT2D eigenvalue weighted by Gasteiger charge is -2.24. The van der Waals surface area contributed by atoms with Crippen LogP contribution in [0.5, 0.6) is 0 Å². The van der Waals surface area contributed by atoms with Crippen LogP contribution >= 0.6 is 11.6 Å². The van der Waals surface area contributed by atoms with E-state index in [4.69, 9.17) is 11.6 Å². The highest BCUT2D eigenvalue weighted by Gasteiger charge is 2.28. The highest BCUT2D eigenvalue weighted by atomic mass is 35.5. The number of hydrogen-bond acceptors (Lipinski definition) is 0. The molecule has 7 aromatic carbocycles. The first-order chi connectivity index (χ1) is 21.6. The van der Waals surface area contributed by atoms with Crippen molar-refractivity contribution in [2.24, 2.45) is 0 Å². The van der Waals surface area contributed by atoms with Crippen LogP contribution in [-0.4, -0.2) is 0 Å². The minimum Gasteiger partial charge on any atom is -0.0840 e. The number of rotatable bonds is 5. The smallest absolute Gasteiger partial charge is 0.0441 e. The van der Waals surface area contributed by atoms with E-state index in [1.54, 1.807) is 0 Å². The van der Waals surface area contributed by atoms with Gasteiger partial charge in [-0.05, 0) is 114 Å². The maximum atomic E-state index is 6.95. The molecule has 0 amide bonds. The molecule has 0 saturated heterocycles. The van der Waals surface area contributed by atoms with Crippen LogP contribution in [0.2, 0.25) is 5.02 Å². The third-order valence-electron chi connectivity index (χ3n) is 9.66. The Morgan fingerprint density at radius 2 is 1.27 bits per heavy atom. The Morgan fingerprint density at radius 1 is 0.568 bits per heavy atom. The van der Waals surface area contributed by atoms with E-state index in [0.29, 0.717) is 5.92 Å². The largest absolute Gasteiger partial charge is 0.0840 e. The summed E-state index contributed by atoms with van der Waals surface area (Å²) in [5.41, 5.74) is 14.2. The van der Waals surface area contributed by atoms with Crippen molar-refractivity contribution in [3.8, 4) is 44.5 Å². The molecule has 0 spiro atoms. The Labute approximate surface area is 264 Å². The first kappa shape index (κ1) is 26.9. The molecule has 0 aromatic heterocycles. The maximum absolute atomic E-state index is 6.95. The number of halogens is 1. The van der Waals surface area contributed by atoms with E-state index in [-0.39, 0.29) is 0 Å². The van der Waals surface area contributed by atoms with Gasteiger partial charge >= 0.3 is 0 Å². The van der Waals surface area contributed by atoms with Gasteiger partial charge in [-0.25, -0.2) is 0 Å². The van der Waals surface area contributed by atoms with Gasteiger partial charge < -0.3 is 0 Å². The van der Waals surface area contributed by atoms with E-state index in [1.165, 1.54) is 77.2 Å². The van der Waals surface area contributed by atoms with Gasteiger partial charge in [0.2, 0.25) is 0 Å². The molecule has 0 bridgehead atoms. The van der Waals surface area contributed by atoms with Crippen LogP contribution in [0.1, 0.15) is 36.0 Å².